The van der Waals surface area contributed by atoms with Crippen molar-refractivity contribution in [2.75, 3.05) is 12.5 Å². The second-order valence-electron chi connectivity index (χ2n) is 7.16. The molecule has 1 unspecified atom stereocenters. The number of hydrogen-bond donors (Lipinski definition) is 0. The van der Waals surface area contributed by atoms with Crippen LogP contribution in [0.15, 0.2) is 0 Å². The number of halogens is 1. The van der Waals surface area contributed by atoms with Gasteiger partial charge in [-0.05, 0) is 55.8 Å². The fourth-order valence-electron chi connectivity index (χ4n) is 3.84. The molecule has 2 rings (SSSR count). The molecule has 1 aliphatic heterocycles. The van der Waals surface area contributed by atoms with Gasteiger partial charge in [-0.1, -0.05) is 27.2 Å². The number of rotatable bonds is 4. The highest BCUT2D eigenvalue weighted by Crippen LogP contribution is 2.49. The number of alkyl halides is 1. The van der Waals surface area contributed by atoms with Crippen LogP contribution >= 0.6 is 11.6 Å². The molecular formula is C16H29ClO. The Morgan fingerprint density at radius 2 is 1.94 bits per heavy atom. The van der Waals surface area contributed by atoms with Gasteiger partial charge in [-0.2, -0.15) is 0 Å². The van der Waals surface area contributed by atoms with Crippen molar-refractivity contribution in [1.29, 1.82) is 0 Å². The first-order chi connectivity index (χ1) is 8.51. The first-order valence-corrected chi connectivity index (χ1v) is 8.25. The topological polar surface area (TPSA) is 9.23 Å². The molecule has 0 bridgehead atoms. The van der Waals surface area contributed by atoms with Crippen LogP contribution in [-0.2, 0) is 4.74 Å². The zero-order chi connectivity index (χ0) is 13.2. The molecule has 1 atom stereocenters. The Labute approximate surface area is 118 Å². The molecule has 2 fully saturated rings. The van der Waals surface area contributed by atoms with E-state index in [0.717, 1.165) is 30.7 Å². The van der Waals surface area contributed by atoms with Crippen molar-refractivity contribution in [2.24, 2.45) is 17.3 Å². The normalized spacial score (nSPS) is 37.3. The van der Waals surface area contributed by atoms with Gasteiger partial charge in [0.25, 0.3) is 0 Å². The largest absolute Gasteiger partial charge is 0.375 e. The van der Waals surface area contributed by atoms with E-state index in [0.29, 0.717) is 5.41 Å². The summed E-state index contributed by atoms with van der Waals surface area (Å²) >= 11 is 5.86. The molecule has 1 heterocycles. The zero-order valence-electron chi connectivity index (χ0n) is 12.3. The molecule has 1 nitrogen and oxygen atoms in total. The Morgan fingerprint density at radius 1 is 1.28 bits per heavy atom. The standard InChI is InChI=1S/C16H29ClO/c1-4-15(2,3)14-5-8-16(9-6-14)11-13(7-10-17)12-18-16/h13-14H,4-12H2,1-3H3. The smallest absolute Gasteiger partial charge is 0.0686 e. The van der Waals surface area contributed by atoms with E-state index in [-0.39, 0.29) is 5.60 Å². The molecule has 106 valence electrons. The minimum atomic E-state index is 0.233. The van der Waals surface area contributed by atoms with Crippen LogP contribution in [0.4, 0.5) is 0 Å². The maximum atomic E-state index is 6.18. The Morgan fingerprint density at radius 3 is 2.50 bits per heavy atom. The van der Waals surface area contributed by atoms with Gasteiger partial charge >= 0.3 is 0 Å². The van der Waals surface area contributed by atoms with Gasteiger partial charge in [-0.25, -0.2) is 0 Å². The molecular weight excluding hydrogens is 244 g/mol. The van der Waals surface area contributed by atoms with Gasteiger partial charge < -0.3 is 4.74 Å². The van der Waals surface area contributed by atoms with Crippen molar-refractivity contribution in [2.45, 2.75) is 71.3 Å². The lowest BCUT2D eigenvalue weighted by molar-refractivity contribution is -0.0488. The van der Waals surface area contributed by atoms with Crippen LogP contribution in [0.5, 0.6) is 0 Å². The predicted octanol–water partition coefficient (Wildman–Crippen LogP) is 5.02. The molecule has 0 aromatic carbocycles. The van der Waals surface area contributed by atoms with E-state index in [1.54, 1.807) is 0 Å². The highest BCUT2D eigenvalue weighted by molar-refractivity contribution is 6.17. The third-order valence-corrected chi connectivity index (χ3v) is 5.93. The summed E-state index contributed by atoms with van der Waals surface area (Å²) < 4.78 is 6.18. The third-order valence-electron chi connectivity index (χ3n) is 5.72. The Kier molecular flexibility index (Phi) is 4.65. The minimum absolute atomic E-state index is 0.233. The molecule has 1 spiro atoms. The summed E-state index contributed by atoms with van der Waals surface area (Å²) in [5.41, 5.74) is 0.743. The van der Waals surface area contributed by atoms with Crippen LogP contribution in [0.1, 0.15) is 65.7 Å². The van der Waals surface area contributed by atoms with E-state index in [9.17, 15) is 0 Å². The molecule has 1 saturated heterocycles. The van der Waals surface area contributed by atoms with E-state index in [1.165, 1.54) is 38.5 Å². The highest BCUT2D eigenvalue weighted by Gasteiger charge is 2.44. The van der Waals surface area contributed by atoms with Crippen LogP contribution < -0.4 is 0 Å². The van der Waals surface area contributed by atoms with Crippen LogP contribution in [0.3, 0.4) is 0 Å². The lowest BCUT2D eigenvalue weighted by Gasteiger charge is -2.43. The van der Waals surface area contributed by atoms with Gasteiger partial charge in [0.1, 0.15) is 0 Å². The van der Waals surface area contributed by atoms with E-state index in [2.05, 4.69) is 20.8 Å². The average Bonchev–Trinajstić information content (AvgIpc) is 2.73. The number of ether oxygens (including phenoxy) is 1. The fourth-order valence-corrected chi connectivity index (χ4v) is 4.15. The van der Waals surface area contributed by atoms with Crippen LogP contribution in [0, 0.1) is 17.3 Å². The van der Waals surface area contributed by atoms with Crippen molar-refractivity contribution in [1.82, 2.24) is 0 Å². The maximum absolute atomic E-state index is 6.18. The molecule has 2 aliphatic rings. The fraction of sp³-hybridized carbons (Fsp3) is 1.00. The van der Waals surface area contributed by atoms with Crippen molar-refractivity contribution in [3.8, 4) is 0 Å². The van der Waals surface area contributed by atoms with Crippen molar-refractivity contribution < 1.29 is 4.74 Å². The van der Waals surface area contributed by atoms with Crippen LogP contribution in [-0.4, -0.2) is 18.1 Å². The molecule has 0 aromatic heterocycles. The second-order valence-corrected chi connectivity index (χ2v) is 7.54. The summed E-state index contributed by atoms with van der Waals surface area (Å²) in [7, 11) is 0. The van der Waals surface area contributed by atoms with Gasteiger partial charge in [-0.15, -0.1) is 11.6 Å². The molecule has 1 aliphatic carbocycles. The first kappa shape index (κ1) is 14.7. The van der Waals surface area contributed by atoms with Crippen LogP contribution in [0.2, 0.25) is 0 Å². The number of hydrogen-bond acceptors (Lipinski definition) is 1. The summed E-state index contributed by atoms with van der Waals surface area (Å²) in [5, 5.41) is 0. The zero-order valence-corrected chi connectivity index (χ0v) is 13.1. The summed E-state index contributed by atoms with van der Waals surface area (Å²) in [4.78, 5) is 0. The molecule has 0 aromatic rings. The lowest BCUT2D eigenvalue weighted by Crippen LogP contribution is -2.37. The van der Waals surface area contributed by atoms with Gasteiger partial charge in [0.2, 0.25) is 0 Å². The highest BCUT2D eigenvalue weighted by atomic mass is 35.5. The molecule has 1 saturated carbocycles. The minimum Gasteiger partial charge on any atom is -0.375 e. The molecule has 0 radical (unpaired) electrons. The monoisotopic (exact) mass is 272 g/mol. The van der Waals surface area contributed by atoms with E-state index >= 15 is 0 Å². The van der Waals surface area contributed by atoms with E-state index in [4.69, 9.17) is 16.3 Å². The summed E-state index contributed by atoms with van der Waals surface area (Å²) in [6, 6.07) is 0. The van der Waals surface area contributed by atoms with E-state index in [1.807, 2.05) is 0 Å². The summed E-state index contributed by atoms with van der Waals surface area (Å²) in [6.45, 7) is 8.14. The van der Waals surface area contributed by atoms with Gasteiger partial charge in [-0.3, -0.25) is 0 Å². The van der Waals surface area contributed by atoms with Crippen molar-refractivity contribution in [3.05, 3.63) is 0 Å². The van der Waals surface area contributed by atoms with Crippen molar-refractivity contribution >= 4 is 11.6 Å². The van der Waals surface area contributed by atoms with E-state index < -0.39 is 0 Å². The molecule has 0 amide bonds. The summed E-state index contributed by atoms with van der Waals surface area (Å²) in [5.74, 6) is 2.40. The Balaban J connectivity index is 1.87. The van der Waals surface area contributed by atoms with Gasteiger partial charge in [0.05, 0.1) is 12.2 Å². The third kappa shape index (κ3) is 3.04. The molecule has 2 heteroatoms. The van der Waals surface area contributed by atoms with Gasteiger partial charge in [0, 0.05) is 5.88 Å². The molecule has 0 N–H and O–H groups in total. The lowest BCUT2D eigenvalue weighted by atomic mass is 9.65. The predicted molar refractivity (Wildman–Crippen MR) is 78.2 cm³/mol. The van der Waals surface area contributed by atoms with Crippen molar-refractivity contribution in [3.63, 3.8) is 0 Å². The Hall–Kier alpha value is 0.250. The first-order valence-electron chi connectivity index (χ1n) is 7.71. The summed E-state index contributed by atoms with van der Waals surface area (Å²) in [6.07, 6.45) is 8.95. The molecule has 18 heavy (non-hydrogen) atoms. The average molecular weight is 273 g/mol. The quantitative estimate of drug-likeness (QED) is 0.653. The van der Waals surface area contributed by atoms with Crippen LogP contribution in [0.25, 0.3) is 0 Å². The van der Waals surface area contributed by atoms with Gasteiger partial charge in [0.15, 0.2) is 0 Å². The SMILES string of the molecule is CCC(C)(C)C1CCC2(CC1)CC(CCCl)CO2. The maximum Gasteiger partial charge on any atom is 0.0686 e. The Bertz CT molecular complexity index is 266. The second kappa shape index (κ2) is 5.71.